The standard InChI is InChI=1S/C15H15NO4S/c16-15(21(19,20)13-4-2-1-3-5-13)12-8-6-11(7-9-12)10-14(17)18/h1-9,15H,10,16H2,(H,17,18). The van der Waals surface area contributed by atoms with Gasteiger partial charge < -0.3 is 10.8 Å². The summed E-state index contributed by atoms with van der Waals surface area (Å²) >= 11 is 0. The Hall–Kier alpha value is -2.18. The normalized spacial score (nSPS) is 12.8. The third-order valence-electron chi connectivity index (χ3n) is 3.07. The van der Waals surface area contributed by atoms with E-state index < -0.39 is 21.2 Å². The molecule has 0 radical (unpaired) electrons. The third kappa shape index (κ3) is 3.48. The monoisotopic (exact) mass is 305 g/mol. The molecular weight excluding hydrogens is 290 g/mol. The Kier molecular flexibility index (Phi) is 4.40. The number of hydrogen-bond acceptors (Lipinski definition) is 4. The van der Waals surface area contributed by atoms with E-state index in [2.05, 4.69) is 0 Å². The average molecular weight is 305 g/mol. The Labute approximate surface area is 123 Å². The van der Waals surface area contributed by atoms with Crippen molar-refractivity contribution in [3.63, 3.8) is 0 Å². The van der Waals surface area contributed by atoms with E-state index in [4.69, 9.17) is 10.8 Å². The first-order chi connectivity index (χ1) is 9.91. The van der Waals surface area contributed by atoms with E-state index in [1.807, 2.05) is 0 Å². The van der Waals surface area contributed by atoms with Crippen molar-refractivity contribution in [1.82, 2.24) is 0 Å². The van der Waals surface area contributed by atoms with Crippen LogP contribution in [0.5, 0.6) is 0 Å². The van der Waals surface area contributed by atoms with Crippen LogP contribution in [-0.2, 0) is 21.1 Å². The van der Waals surface area contributed by atoms with Crippen molar-refractivity contribution >= 4 is 15.8 Å². The lowest BCUT2D eigenvalue weighted by Gasteiger charge is -2.13. The van der Waals surface area contributed by atoms with Crippen LogP contribution in [0.4, 0.5) is 0 Å². The predicted octanol–water partition coefficient (Wildman–Crippen LogP) is 1.74. The van der Waals surface area contributed by atoms with Gasteiger partial charge in [0.25, 0.3) is 0 Å². The molecule has 1 atom stereocenters. The van der Waals surface area contributed by atoms with Crippen LogP contribution in [0, 0.1) is 0 Å². The lowest BCUT2D eigenvalue weighted by Crippen LogP contribution is -2.22. The number of aliphatic carboxylic acids is 1. The van der Waals surface area contributed by atoms with Gasteiger partial charge in [-0.3, -0.25) is 4.79 Å². The Bertz CT molecular complexity index is 724. The summed E-state index contributed by atoms with van der Waals surface area (Å²) in [4.78, 5) is 10.8. The molecule has 0 amide bonds. The molecule has 110 valence electrons. The fourth-order valence-corrected chi connectivity index (χ4v) is 3.28. The van der Waals surface area contributed by atoms with Crippen LogP contribution < -0.4 is 5.73 Å². The molecule has 21 heavy (non-hydrogen) atoms. The van der Waals surface area contributed by atoms with Gasteiger partial charge in [0.2, 0.25) is 0 Å². The lowest BCUT2D eigenvalue weighted by molar-refractivity contribution is -0.136. The van der Waals surface area contributed by atoms with Crippen LogP contribution in [-0.4, -0.2) is 19.5 Å². The third-order valence-corrected chi connectivity index (χ3v) is 4.94. The Morgan fingerprint density at radius 1 is 1.05 bits per heavy atom. The number of rotatable bonds is 5. The highest BCUT2D eigenvalue weighted by Crippen LogP contribution is 2.24. The number of sulfone groups is 1. The molecule has 0 bridgehead atoms. The molecule has 0 aliphatic rings. The highest BCUT2D eigenvalue weighted by atomic mass is 32.2. The maximum Gasteiger partial charge on any atom is 0.307 e. The van der Waals surface area contributed by atoms with Gasteiger partial charge in [-0.2, -0.15) is 0 Å². The van der Waals surface area contributed by atoms with E-state index in [9.17, 15) is 13.2 Å². The first-order valence-corrected chi connectivity index (χ1v) is 7.81. The van der Waals surface area contributed by atoms with Crippen LogP contribution >= 0.6 is 0 Å². The molecule has 2 aromatic carbocycles. The summed E-state index contributed by atoms with van der Waals surface area (Å²) in [6.07, 6.45) is -0.110. The summed E-state index contributed by atoms with van der Waals surface area (Å²) in [5.74, 6) is -0.941. The van der Waals surface area contributed by atoms with Crippen LogP contribution in [0.1, 0.15) is 16.5 Å². The smallest absolute Gasteiger partial charge is 0.307 e. The minimum atomic E-state index is -3.67. The van der Waals surface area contributed by atoms with E-state index in [-0.39, 0.29) is 11.3 Å². The quantitative estimate of drug-likeness (QED) is 0.877. The van der Waals surface area contributed by atoms with Crippen molar-refractivity contribution < 1.29 is 18.3 Å². The van der Waals surface area contributed by atoms with Crippen LogP contribution in [0.25, 0.3) is 0 Å². The molecule has 0 heterocycles. The Balaban J connectivity index is 2.27. The first kappa shape index (κ1) is 15.2. The minimum absolute atomic E-state index is 0.110. The zero-order chi connectivity index (χ0) is 15.5. The van der Waals surface area contributed by atoms with Gasteiger partial charge in [-0.1, -0.05) is 42.5 Å². The van der Waals surface area contributed by atoms with Gasteiger partial charge >= 0.3 is 5.97 Å². The fourth-order valence-electron chi connectivity index (χ4n) is 1.94. The number of benzene rings is 2. The number of carboxylic acids is 1. The van der Waals surface area contributed by atoms with Crippen molar-refractivity contribution in [3.8, 4) is 0 Å². The summed E-state index contributed by atoms with van der Waals surface area (Å²) in [7, 11) is -3.67. The van der Waals surface area contributed by atoms with Crippen molar-refractivity contribution in [2.24, 2.45) is 5.73 Å². The summed E-state index contributed by atoms with van der Waals surface area (Å²) in [6, 6.07) is 14.2. The summed E-state index contributed by atoms with van der Waals surface area (Å²) in [6.45, 7) is 0. The molecule has 0 fully saturated rings. The Morgan fingerprint density at radius 2 is 1.62 bits per heavy atom. The first-order valence-electron chi connectivity index (χ1n) is 6.26. The number of hydrogen-bond donors (Lipinski definition) is 2. The topological polar surface area (TPSA) is 97.5 Å². The maximum absolute atomic E-state index is 12.4. The molecule has 1 unspecified atom stereocenters. The van der Waals surface area contributed by atoms with Crippen molar-refractivity contribution in [3.05, 3.63) is 65.7 Å². The van der Waals surface area contributed by atoms with Gasteiger partial charge in [-0.15, -0.1) is 0 Å². The second-order valence-corrected chi connectivity index (χ2v) is 6.66. The van der Waals surface area contributed by atoms with E-state index in [0.29, 0.717) is 11.1 Å². The molecule has 0 spiro atoms. The number of carboxylic acid groups (broad SMARTS) is 1. The van der Waals surface area contributed by atoms with Gasteiger partial charge in [-0.25, -0.2) is 8.42 Å². The largest absolute Gasteiger partial charge is 0.481 e. The van der Waals surface area contributed by atoms with E-state index in [1.54, 1.807) is 42.5 Å². The van der Waals surface area contributed by atoms with Crippen molar-refractivity contribution in [2.45, 2.75) is 16.7 Å². The highest BCUT2D eigenvalue weighted by Gasteiger charge is 2.25. The molecule has 2 aromatic rings. The van der Waals surface area contributed by atoms with E-state index in [0.717, 1.165) is 0 Å². The number of nitrogens with two attached hydrogens (primary N) is 1. The van der Waals surface area contributed by atoms with E-state index in [1.165, 1.54) is 12.1 Å². The molecule has 5 nitrogen and oxygen atoms in total. The lowest BCUT2D eigenvalue weighted by atomic mass is 10.1. The van der Waals surface area contributed by atoms with Gasteiger partial charge in [0, 0.05) is 0 Å². The van der Waals surface area contributed by atoms with Gasteiger partial charge in [0.05, 0.1) is 11.3 Å². The fraction of sp³-hybridized carbons (Fsp3) is 0.133. The van der Waals surface area contributed by atoms with Crippen LogP contribution in [0.3, 0.4) is 0 Å². The molecule has 0 aromatic heterocycles. The number of carbonyl (C=O) groups is 1. The molecule has 2 rings (SSSR count). The van der Waals surface area contributed by atoms with Gasteiger partial charge in [0.1, 0.15) is 5.37 Å². The second kappa shape index (κ2) is 6.07. The molecular formula is C15H15NO4S. The minimum Gasteiger partial charge on any atom is -0.481 e. The second-order valence-electron chi connectivity index (χ2n) is 4.59. The summed E-state index contributed by atoms with van der Waals surface area (Å²) < 4.78 is 24.8. The van der Waals surface area contributed by atoms with Gasteiger partial charge in [0.15, 0.2) is 9.84 Å². The molecule has 6 heteroatoms. The van der Waals surface area contributed by atoms with Crippen molar-refractivity contribution in [2.75, 3.05) is 0 Å². The SMILES string of the molecule is NC(c1ccc(CC(=O)O)cc1)S(=O)(=O)c1ccccc1. The molecule has 0 aliphatic heterocycles. The zero-order valence-corrected chi connectivity index (χ0v) is 12.0. The molecule has 0 saturated heterocycles. The van der Waals surface area contributed by atoms with Crippen LogP contribution in [0.2, 0.25) is 0 Å². The maximum atomic E-state index is 12.4. The molecule has 0 saturated carbocycles. The van der Waals surface area contributed by atoms with Gasteiger partial charge in [-0.05, 0) is 23.3 Å². The summed E-state index contributed by atoms with van der Waals surface area (Å²) in [5, 5.41) is 7.52. The Morgan fingerprint density at radius 3 is 2.14 bits per heavy atom. The van der Waals surface area contributed by atoms with Crippen LogP contribution in [0.15, 0.2) is 59.5 Å². The zero-order valence-electron chi connectivity index (χ0n) is 11.1. The average Bonchev–Trinajstić information content (AvgIpc) is 2.47. The van der Waals surface area contributed by atoms with Crippen molar-refractivity contribution in [1.29, 1.82) is 0 Å². The molecule has 3 N–H and O–H groups in total. The highest BCUT2D eigenvalue weighted by molar-refractivity contribution is 7.91. The summed E-state index contributed by atoms with van der Waals surface area (Å²) in [5.41, 5.74) is 6.87. The van der Waals surface area contributed by atoms with E-state index >= 15 is 0 Å². The molecule has 0 aliphatic carbocycles. The predicted molar refractivity (Wildman–Crippen MR) is 78.3 cm³/mol.